The third-order valence-corrected chi connectivity index (χ3v) is 2.68. The quantitative estimate of drug-likeness (QED) is 0.689. The molecule has 3 heteroatoms. The molecule has 2 N–H and O–H groups in total. The maximum absolute atomic E-state index is 8.90. The number of aromatic nitrogens is 1. The molecule has 0 aromatic carbocycles. The van der Waals surface area contributed by atoms with Gasteiger partial charge in [-0.1, -0.05) is 19.9 Å². The summed E-state index contributed by atoms with van der Waals surface area (Å²) in [6.45, 7) is 6.45. The molecule has 0 aliphatic rings. The second-order valence-electron chi connectivity index (χ2n) is 4.89. The summed E-state index contributed by atoms with van der Waals surface area (Å²) in [4.78, 5) is 4.27. The predicted molar refractivity (Wildman–Crippen MR) is 66.3 cm³/mol. The van der Waals surface area contributed by atoms with Gasteiger partial charge < -0.3 is 10.4 Å². The van der Waals surface area contributed by atoms with Crippen molar-refractivity contribution in [2.75, 3.05) is 19.7 Å². The van der Waals surface area contributed by atoms with Crippen LogP contribution in [0.25, 0.3) is 0 Å². The monoisotopic (exact) mass is 222 g/mol. The molecule has 1 heterocycles. The number of aliphatic hydroxyl groups is 1. The molecule has 3 nitrogen and oxygen atoms in total. The van der Waals surface area contributed by atoms with Crippen LogP contribution in [-0.4, -0.2) is 29.8 Å². The summed E-state index contributed by atoms with van der Waals surface area (Å²) in [7, 11) is 0. The van der Waals surface area contributed by atoms with E-state index in [2.05, 4.69) is 24.1 Å². The van der Waals surface area contributed by atoms with Crippen molar-refractivity contribution in [2.24, 2.45) is 5.41 Å². The van der Waals surface area contributed by atoms with Gasteiger partial charge in [-0.15, -0.1) is 0 Å². The van der Waals surface area contributed by atoms with Gasteiger partial charge in [-0.2, -0.15) is 0 Å². The normalized spacial score (nSPS) is 11.7. The Bertz CT molecular complexity index is 285. The zero-order valence-corrected chi connectivity index (χ0v) is 10.2. The van der Waals surface area contributed by atoms with Gasteiger partial charge in [0.2, 0.25) is 0 Å². The minimum absolute atomic E-state index is 0.166. The fraction of sp³-hybridized carbons (Fsp3) is 0.615. The Labute approximate surface area is 97.9 Å². The van der Waals surface area contributed by atoms with Crippen LogP contribution in [0.3, 0.4) is 0 Å². The maximum Gasteiger partial charge on any atom is 0.0436 e. The van der Waals surface area contributed by atoms with E-state index in [9.17, 15) is 0 Å². The zero-order chi connectivity index (χ0) is 11.9. The van der Waals surface area contributed by atoms with Crippen molar-refractivity contribution < 1.29 is 5.11 Å². The number of rotatable bonds is 7. The van der Waals surface area contributed by atoms with Crippen molar-refractivity contribution >= 4 is 0 Å². The first-order chi connectivity index (χ1) is 7.64. The van der Waals surface area contributed by atoms with Crippen molar-refractivity contribution in [1.29, 1.82) is 0 Å². The Balaban J connectivity index is 2.17. The lowest BCUT2D eigenvalue weighted by molar-refractivity contribution is 0.207. The molecule has 90 valence electrons. The average Bonchev–Trinajstić information content (AvgIpc) is 2.26. The van der Waals surface area contributed by atoms with Gasteiger partial charge >= 0.3 is 0 Å². The standard InChI is InChI=1S/C13H22N2O/c1-13(2,7-10-16)11-14-9-6-12-5-3-4-8-15-12/h3-5,8,14,16H,6-7,9-11H2,1-2H3. The fourth-order valence-electron chi connectivity index (χ4n) is 1.58. The molecule has 0 radical (unpaired) electrons. The van der Waals surface area contributed by atoms with Crippen molar-refractivity contribution in [3.8, 4) is 0 Å². The van der Waals surface area contributed by atoms with Gasteiger partial charge in [-0.3, -0.25) is 4.98 Å². The first-order valence-corrected chi connectivity index (χ1v) is 5.85. The molecule has 0 fully saturated rings. The second kappa shape index (κ2) is 6.61. The molecule has 0 saturated heterocycles. The van der Waals surface area contributed by atoms with Crippen molar-refractivity contribution in [3.05, 3.63) is 30.1 Å². The number of aliphatic hydroxyl groups excluding tert-OH is 1. The SMILES string of the molecule is CC(C)(CCO)CNCCc1ccccn1. The van der Waals surface area contributed by atoms with Gasteiger partial charge in [0.15, 0.2) is 0 Å². The minimum Gasteiger partial charge on any atom is -0.396 e. The van der Waals surface area contributed by atoms with E-state index in [1.165, 1.54) is 0 Å². The lowest BCUT2D eigenvalue weighted by Crippen LogP contribution is -2.31. The summed E-state index contributed by atoms with van der Waals surface area (Å²) in [6, 6.07) is 5.99. The van der Waals surface area contributed by atoms with Gasteiger partial charge in [0.05, 0.1) is 0 Å². The molecule has 0 atom stereocenters. The molecule has 0 spiro atoms. The Kier molecular flexibility index (Phi) is 5.43. The summed E-state index contributed by atoms with van der Waals surface area (Å²) >= 11 is 0. The summed E-state index contributed by atoms with van der Waals surface area (Å²) in [6.07, 6.45) is 3.62. The van der Waals surface area contributed by atoms with Gasteiger partial charge in [-0.05, 0) is 24.0 Å². The second-order valence-corrected chi connectivity index (χ2v) is 4.89. The number of nitrogens with zero attached hydrogens (tertiary/aromatic N) is 1. The van der Waals surface area contributed by atoms with Crippen LogP contribution in [0.4, 0.5) is 0 Å². The van der Waals surface area contributed by atoms with Crippen LogP contribution in [0.5, 0.6) is 0 Å². The van der Waals surface area contributed by atoms with E-state index in [-0.39, 0.29) is 12.0 Å². The third kappa shape index (κ3) is 5.24. The van der Waals surface area contributed by atoms with Gasteiger partial charge in [0, 0.05) is 38.0 Å². The lowest BCUT2D eigenvalue weighted by atomic mass is 9.90. The van der Waals surface area contributed by atoms with Gasteiger partial charge in [0.1, 0.15) is 0 Å². The molecular weight excluding hydrogens is 200 g/mol. The summed E-state index contributed by atoms with van der Waals surface area (Å²) < 4.78 is 0. The third-order valence-electron chi connectivity index (χ3n) is 2.68. The largest absolute Gasteiger partial charge is 0.396 e. The molecule has 0 saturated carbocycles. The number of hydrogen-bond donors (Lipinski definition) is 2. The van der Waals surface area contributed by atoms with Crippen LogP contribution in [0.1, 0.15) is 26.0 Å². The molecule has 0 bridgehead atoms. The average molecular weight is 222 g/mol. The van der Waals surface area contributed by atoms with E-state index in [1.807, 2.05) is 24.4 Å². The van der Waals surface area contributed by atoms with E-state index in [4.69, 9.17) is 5.11 Å². The number of hydrogen-bond acceptors (Lipinski definition) is 3. The van der Waals surface area contributed by atoms with Crippen LogP contribution < -0.4 is 5.32 Å². The number of nitrogens with one attached hydrogen (secondary N) is 1. The fourth-order valence-corrected chi connectivity index (χ4v) is 1.58. The molecule has 0 aliphatic heterocycles. The highest BCUT2D eigenvalue weighted by molar-refractivity contribution is 5.03. The molecule has 1 rings (SSSR count). The number of pyridine rings is 1. The van der Waals surface area contributed by atoms with Crippen molar-refractivity contribution in [1.82, 2.24) is 10.3 Å². The Morgan fingerprint density at radius 2 is 2.19 bits per heavy atom. The predicted octanol–water partition coefficient (Wildman–Crippen LogP) is 1.62. The van der Waals surface area contributed by atoms with E-state index in [1.54, 1.807) is 0 Å². The van der Waals surface area contributed by atoms with Crippen LogP contribution in [0.2, 0.25) is 0 Å². The minimum atomic E-state index is 0.166. The molecule has 0 unspecified atom stereocenters. The molecule has 0 aliphatic carbocycles. The summed E-state index contributed by atoms with van der Waals surface area (Å²) in [5.74, 6) is 0. The van der Waals surface area contributed by atoms with E-state index < -0.39 is 0 Å². The maximum atomic E-state index is 8.90. The van der Waals surface area contributed by atoms with Gasteiger partial charge in [-0.25, -0.2) is 0 Å². The Hall–Kier alpha value is -0.930. The first kappa shape index (κ1) is 13.1. The molecular formula is C13H22N2O. The van der Waals surface area contributed by atoms with Crippen molar-refractivity contribution in [2.45, 2.75) is 26.7 Å². The lowest BCUT2D eigenvalue weighted by Gasteiger charge is -2.23. The highest BCUT2D eigenvalue weighted by Gasteiger charge is 2.15. The topological polar surface area (TPSA) is 45.1 Å². The zero-order valence-electron chi connectivity index (χ0n) is 10.2. The van der Waals surface area contributed by atoms with Gasteiger partial charge in [0.25, 0.3) is 0 Å². The Morgan fingerprint density at radius 3 is 2.81 bits per heavy atom. The van der Waals surface area contributed by atoms with Crippen LogP contribution in [-0.2, 0) is 6.42 Å². The van der Waals surface area contributed by atoms with Crippen LogP contribution >= 0.6 is 0 Å². The van der Waals surface area contributed by atoms with E-state index in [0.29, 0.717) is 0 Å². The molecule has 1 aromatic heterocycles. The van der Waals surface area contributed by atoms with E-state index in [0.717, 1.165) is 31.6 Å². The van der Waals surface area contributed by atoms with Crippen LogP contribution in [0, 0.1) is 5.41 Å². The first-order valence-electron chi connectivity index (χ1n) is 5.85. The summed E-state index contributed by atoms with van der Waals surface area (Å²) in [5.41, 5.74) is 1.29. The van der Waals surface area contributed by atoms with Crippen LogP contribution in [0.15, 0.2) is 24.4 Å². The highest BCUT2D eigenvalue weighted by Crippen LogP contribution is 2.17. The molecule has 1 aromatic rings. The molecule has 0 amide bonds. The van der Waals surface area contributed by atoms with Crippen molar-refractivity contribution in [3.63, 3.8) is 0 Å². The molecule has 16 heavy (non-hydrogen) atoms. The highest BCUT2D eigenvalue weighted by atomic mass is 16.3. The summed E-state index contributed by atoms with van der Waals surface area (Å²) in [5, 5.41) is 12.3. The van der Waals surface area contributed by atoms with E-state index >= 15 is 0 Å². The Morgan fingerprint density at radius 1 is 1.38 bits per heavy atom. The smallest absolute Gasteiger partial charge is 0.0436 e.